The number of hydrogen-bond acceptors (Lipinski definition) is 4. The first kappa shape index (κ1) is 13.1. The molecular weight excluding hydrogens is 279 g/mol. The second-order valence-corrected chi connectivity index (χ2v) is 5.38. The predicted molar refractivity (Wildman–Crippen MR) is 77.8 cm³/mol. The van der Waals surface area contributed by atoms with Gasteiger partial charge in [0.25, 0.3) is 0 Å². The van der Waals surface area contributed by atoms with Gasteiger partial charge in [-0.25, -0.2) is 14.4 Å². The van der Waals surface area contributed by atoms with Crippen molar-refractivity contribution in [3.05, 3.63) is 40.4 Å². The van der Waals surface area contributed by atoms with Crippen LogP contribution < -0.4 is 11.1 Å². The number of nitrogens with two attached hydrogens (primary N) is 1. The minimum Gasteiger partial charge on any atom is -0.383 e. The number of hydrogen-bond donors (Lipinski definition) is 2. The fourth-order valence-corrected chi connectivity index (χ4v) is 2.09. The molecule has 4 nitrogen and oxygen atoms in total. The fourth-order valence-electron chi connectivity index (χ4n) is 1.91. The largest absolute Gasteiger partial charge is 0.383 e. The monoisotopic (exact) mass is 292 g/mol. The Morgan fingerprint density at radius 1 is 1.35 bits per heavy atom. The smallest absolute Gasteiger partial charge is 0.141 e. The van der Waals surface area contributed by atoms with Crippen molar-refractivity contribution in [3.63, 3.8) is 0 Å². The zero-order valence-electron chi connectivity index (χ0n) is 11.0. The predicted octanol–water partition coefficient (Wildman–Crippen LogP) is 3.78. The Bertz CT molecular complexity index is 670. The summed E-state index contributed by atoms with van der Waals surface area (Å²) in [6, 6.07) is 4.44. The molecule has 0 atom stereocenters. The van der Waals surface area contributed by atoms with E-state index in [0.29, 0.717) is 23.2 Å². The third-order valence-corrected chi connectivity index (χ3v) is 3.62. The van der Waals surface area contributed by atoms with Gasteiger partial charge in [0.2, 0.25) is 0 Å². The maximum atomic E-state index is 13.2. The molecule has 1 aromatic carbocycles. The van der Waals surface area contributed by atoms with E-state index in [-0.39, 0.29) is 5.02 Å². The first-order valence-corrected chi connectivity index (χ1v) is 6.78. The second kappa shape index (κ2) is 4.90. The molecule has 1 fully saturated rings. The molecule has 1 aromatic heterocycles. The Hall–Kier alpha value is -1.88. The van der Waals surface area contributed by atoms with E-state index in [4.69, 9.17) is 17.3 Å². The summed E-state index contributed by atoms with van der Waals surface area (Å²) >= 11 is 5.77. The maximum absolute atomic E-state index is 13.2. The molecule has 1 saturated carbocycles. The molecule has 0 saturated heterocycles. The van der Waals surface area contributed by atoms with E-state index in [0.717, 1.165) is 24.2 Å². The van der Waals surface area contributed by atoms with E-state index < -0.39 is 5.82 Å². The van der Waals surface area contributed by atoms with Crippen LogP contribution in [0.4, 0.5) is 21.7 Å². The Labute approximate surface area is 121 Å². The number of benzene rings is 1. The number of halogens is 2. The van der Waals surface area contributed by atoms with Crippen LogP contribution in [0, 0.1) is 12.7 Å². The van der Waals surface area contributed by atoms with Crippen LogP contribution in [0.2, 0.25) is 5.02 Å². The van der Waals surface area contributed by atoms with Gasteiger partial charge in [0.15, 0.2) is 0 Å². The van der Waals surface area contributed by atoms with E-state index in [1.54, 1.807) is 6.07 Å². The molecule has 0 bridgehead atoms. The summed E-state index contributed by atoms with van der Waals surface area (Å²) < 4.78 is 13.2. The molecule has 2 aromatic rings. The van der Waals surface area contributed by atoms with Crippen LogP contribution in [0.15, 0.2) is 18.2 Å². The van der Waals surface area contributed by atoms with Crippen molar-refractivity contribution in [2.75, 3.05) is 11.1 Å². The Balaban J connectivity index is 1.94. The van der Waals surface area contributed by atoms with Crippen molar-refractivity contribution in [1.82, 2.24) is 9.97 Å². The van der Waals surface area contributed by atoms with Crippen molar-refractivity contribution < 1.29 is 4.39 Å². The maximum Gasteiger partial charge on any atom is 0.141 e. The average Bonchev–Trinajstić information content (AvgIpc) is 3.23. The summed E-state index contributed by atoms with van der Waals surface area (Å²) in [4.78, 5) is 8.81. The molecule has 1 aliphatic carbocycles. The lowest BCUT2D eigenvalue weighted by molar-refractivity contribution is 0.628. The average molecular weight is 293 g/mol. The van der Waals surface area contributed by atoms with Crippen molar-refractivity contribution in [2.45, 2.75) is 25.7 Å². The lowest BCUT2D eigenvalue weighted by atomic mass is 10.2. The zero-order chi connectivity index (χ0) is 14.3. The van der Waals surface area contributed by atoms with Gasteiger partial charge in [0, 0.05) is 17.2 Å². The van der Waals surface area contributed by atoms with Gasteiger partial charge in [-0.3, -0.25) is 0 Å². The van der Waals surface area contributed by atoms with Gasteiger partial charge in [-0.15, -0.1) is 0 Å². The van der Waals surface area contributed by atoms with Crippen molar-refractivity contribution in [1.29, 1.82) is 0 Å². The van der Waals surface area contributed by atoms with Crippen LogP contribution in [0.5, 0.6) is 0 Å². The highest BCUT2D eigenvalue weighted by atomic mass is 35.5. The van der Waals surface area contributed by atoms with Crippen LogP contribution in [-0.2, 0) is 0 Å². The van der Waals surface area contributed by atoms with Crippen LogP contribution in [-0.4, -0.2) is 9.97 Å². The molecule has 0 amide bonds. The molecule has 20 heavy (non-hydrogen) atoms. The number of rotatable bonds is 3. The normalized spacial score (nSPS) is 14.3. The van der Waals surface area contributed by atoms with Crippen molar-refractivity contribution >= 4 is 28.9 Å². The first-order valence-electron chi connectivity index (χ1n) is 6.40. The highest BCUT2D eigenvalue weighted by Crippen LogP contribution is 2.39. The van der Waals surface area contributed by atoms with E-state index in [1.165, 1.54) is 12.1 Å². The topological polar surface area (TPSA) is 63.8 Å². The lowest BCUT2D eigenvalue weighted by Crippen LogP contribution is -2.06. The van der Waals surface area contributed by atoms with Crippen LogP contribution in [0.1, 0.15) is 30.1 Å². The fraction of sp³-hybridized carbons (Fsp3) is 0.286. The van der Waals surface area contributed by atoms with E-state index in [9.17, 15) is 4.39 Å². The van der Waals surface area contributed by atoms with Gasteiger partial charge in [0.05, 0.1) is 5.02 Å². The van der Waals surface area contributed by atoms with Crippen LogP contribution in [0.3, 0.4) is 0 Å². The molecule has 0 unspecified atom stereocenters. The summed E-state index contributed by atoms with van der Waals surface area (Å²) in [5.41, 5.74) is 7.36. The van der Waals surface area contributed by atoms with Crippen molar-refractivity contribution in [2.24, 2.45) is 0 Å². The quantitative estimate of drug-likeness (QED) is 0.903. The Morgan fingerprint density at radius 3 is 2.75 bits per heavy atom. The summed E-state index contributed by atoms with van der Waals surface area (Å²) in [6.45, 7) is 1.85. The molecular formula is C14H14ClFN4. The lowest BCUT2D eigenvalue weighted by Gasteiger charge is -2.12. The SMILES string of the molecule is Cc1c(N)nc(C2CC2)nc1Nc1ccc(F)c(Cl)c1. The van der Waals surface area contributed by atoms with Gasteiger partial charge in [-0.05, 0) is 38.0 Å². The molecule has 1 aliphatic rings. The first-order chi connectivity index (χ1) is 9.54. The van der Waals surface area contributed by atoms with Gasteiger partial charge in [-0.2, -0.15) is 0 Å². The molecule has 104 valence electrons. The minimum absolute atomic E-state index is 0.0668. The number of anilines is 3. The van der Waals surface area contributed by atoms with Gasteiger partial charge in [-0.1, -0.05) is 11.6 Å². The summed E-state index contributed by atoms with van der Waals surface area (Å²) in [6.07, 6.45) is 2.20. The van der Waals surface area contributed by atoms with E-state index >= 15 is 0 Å². The van der Waals surface area contributed by atoms with Gasteiger partial charge < -0.3 is 11.1 Å². The highest BCUT2D eigenvalue weighted by Gasteiger charge is 2.27. The zero-order valence-corrected chi connectivity index (χ0v) is 11.7. The van der Waals surface area contributed by atoms with E-state index in [1.807, 2.05) is 6.92 Å². The molecule has 1 heterocycles. The van der Waals surface area contributed by atoms with Crippen LogP contribution >= 0.6 is 11.6 Å². The van der Waals surface area contributed by atoms with Gasteiger partial charge in [0.1, 0.15) is 23.3 Å². The summed E-state index contributed by atoms with van der Waals surface area (Å²) in [5, 5.41) is 3.19. The minimum atomic E-state index is -0.449. The molecule has 6 heteroatoms. The highest BCUT2D eigenvalue weighted by molar-refractivity contribution is 6.31. The number of aromatic nitrogens is 2. The van der Waals surface area contributed by atoms with Crippen LogP contribution in [0.25, 0.3) is 0 Å². The summed E-state index contributed by atoms with van der Waals surface area (Å²) in [5.74, 6) is 1.84. The van der Waals surface area contributed by atoms with E-state index in [2.05, 4.69) is 15.3 Å². The second-order valence-electron chi connectivity index (χ2n) is 4.97. The Kier molecular flexibility index (Phi) is 3.22. The summed E-state index contributed by atoms with van der Waals surface area (Å²) in [7, 11) is 0. The third kappa shape index (κ3) is 2.54. The van der Waals surface area contributed by atoms with Crippen molar-refractivity contribution in [3.8, 4) is 0 Å². The molecule has 0 radical (unpaired) electrons. The number of nitrogens with zero attached hydrogens (tertiary/aromatic N) is 2. The molecule has 3 N–H and O–H groups in total. The molecule has 0 spiro atoms. The molecule has 0 aliphatic heterocycles. The number of nitrogen functional groups attached to an aromatic ring is 1. The standard InChI is InChI=1S/C14H14ClFN4/c1-7-12(17)19-14(8-2-3-8)20-13(7)18-9-4-5-11(16)10(15)6-9/h4-6,8H,2-3H2,1H3,(H3,17,18,19,20). The number of nitrogens with one attached hydrogen (secondary N) is 1. The Morgan fingerprint density at radius 2 is 2.10 bits per heavy atom. The van der Waals surface area contributed by atoms with Gasteiger partial charge >= 0.3 is 0 Å². The third-order valence-electron chi connectivity index (χ3n) is 3.33. The molecule has 3 rings (SSSR count).